The van der Waals surface area contributed by atoms with E-state index in [1.807, 2.05) is 0 Å². The molecule has 4 nitrogen and oxygen atoms in total. The molecule has 2 saturated carbocycles. The Morgan fingerprint density at radius 3 is 2.53 bits per heavy atom. The van der Waals surface area contributed by atoms with E-state index in [1.165, 1.54) is 31.9 Å². The Hall–Kier alpha value is -0.130. The zero-order valence-electron chi connectivity index (χ0n) is 11.9. The quantitative estimate of drug-likeness (QED) is 0.759. The second-order valence-corrected chi connectivity index (χ2v) is 8.37. The maximum atomic E-state index is 11.6. The highest BCUT2D eigenvalue weighted by Crippen LogP contribution is 2.24. The van der Waals surface area contributed by atoms with Gasteiger partial charge in [-0.2, -0.15) is 0 Å². The van der Waals surface area contributed by atoms with E-state index in [2.05, 4.69) is 5.32 Å². The van der Waals surface area contributed by atoms with E-state index in [-0.39, 0.29) is 5.25 Å². The molecule has 1 N–H and O–H groups in total. The van der Waals surface area contributed by atoms with Crippen LogP contribution < -0.4 is 5.32 Å². The molecule has 2 aliphatic carbocycles. The van der Waals surface area contributed by atoms with Gasteiger partial charge in [0.2, 0.25) is 0 Å². The summed E-state index contributed by atoms with van der Waals surface area (Å²) in [5.41, 5.74) is 0. The number of hydrogen-bond acceptors (Lipinski definition) is 4. The maximum absolute atomic E-state index is 11.6. The lowest BCUT2D eigenvalue weighted by atomic mass is 9.95. The molecule has 0 aliphatic heterocycles. The van der Waals surface area contributed by atoms with Crippen molar-refractivity contribution in [3.05, 3.63) is 0 Å². The average Bonchev–Trinajstić information content (AvgIpc) is 2.87. The molecule has 5 heteroatoms. The van der Waals surface area contributed by atoms with Crippen LogP contribution in [0.2, 0.25) is 0 Å². The summed E-state index contributed by atoms with van der Waals surface area (Å²) in [4.78, 5) is 0. The molecule has 0 spiro atoms. The lowest BCUT2D eigenvalue weighted by molar-refractivity contribution is 0.0585. The van der Waals surface area contributed by atoms with Crippen molar-refractivity contribution in [1.82, 2.24) is 5.32 Å². The van der Waals surface area contributed by atoms with Crippen molar-refractivity contribution in [3.63, 3.8) is 0 Å². The zero-order chi connectivity index (χ0) is 13.7. The molecule has 0 aromatic heterocycles. The molecule has 0 saturated heterocycles. The van der Waals surface area contributed by atoms with E-state index in [9.17, 15) is 8.42 Å². The molecule has 2 fully saturated rings. The smallest absolute Gasteiger partial charge is 0.150 e. The zero-order valence-corrected chi connectivity index (χ0v) is 12.8. The standard InChI is InChI=1S/C14H27NO3S/c1-19(16,17)14-8-4-5-12(11-14)15-9-10-18-13-6-2-3-7-13/h12-15H,2-11H2,1H3. The summed E-state index contributed by atoms with van der Waals surface area (Å²) >= 11 is 0. The SMILES string of the molecule is CS(=O)(=O)C1CCCC(NCCOC2CCCC2)C1. The highest BCUT2D eigenvalue weighted by atomic mass is 32.2. The van der Waals surface area contributed by atoms with Crippen molar-refractivity contribution >= 4 is 9.84 Å². The van der Waals surface area contributed by atoms with E-state index in [0.29, 0.717) is 12.1 Å². The number of hydrogen-bond donors (Lipinski definition) is 1. The van der Waals surface area contributed by atoms with Crippen LogP contribution in [-0.2, 0) is 14.6 Å². The highest BCUT2D eigenvalue weighted by molar-refractivity contribution is 7.91. The van der Waals surface area contributed by atoms with Crippen LogP contribution in [0.4, 0.5) is 0 Å². The van der Waals surface area contributed by atoms with Gasteiger partial charge in [-0.15, -0.1) is 0 Å². The van der Waals surface area contributed by atoms with Crippen LogP contribution >= 0.6 is 0 Å². The maximum Gasteiger partial charge on any atom is 0.150 e. The second-order valence-electron chi connectivity index (χ2n) is 6.05. The van der Waals surface area contributed by atoms with E-state index in [0.717, 1.165) is 38.8 Å². The van der Waals surface area contributed by atoms with Crippen LogP contribution in [0.15, 0.2) is 0 Å². The molecule has 0 aromatic carbocycles. The highest BCUT2D eigenvalue weighted by Gasteiger charge is 2.28. The van der Waals surface area contributed by atoms with E-state index < -0.39 is 9.84 Å². The monoisotopic (exact) mass is 289 g/mol. The van der Waals surface area contributed by atoms with E-state index >= 15 is 0 Å². The Morgan fingerprint density at radius 1 is 1.11 bits per heavy atom. The number of sulfone groups is 1. The Kier molecular flexibility index (Phi) is 5.66. The van der Waals surface area contributed by atoms with Crippen LogP contribution in [0.1, 0.15) is 51.4 Å². The van der Waals surface area contributed by atoms with Gasteiger partial charge >= 0.3 is 0 Å². The summed E-state index contributed by atoms with van der Waals surface area (Å²) in [7, 11) is -2.87. The van der Waals surface area contributed by atoms with Crippen LogP contribution in [0.25, 0.3) is 0 Å². The van der Waals surface area contributed by atoms with Crippen molar-refractivity contribution < 1.29 is 13.2 Å². The van der Waals surface area contributed by atoms with Gasteiger partial charge < -0.3 is 10.1 Å². The van der Waals surface area contributed by atoms with Crippen LogP contribution in [0.5, 0.6) is 0 Å². The van der Waals surface area contributed by atoms with Crippen molar-refractivity contribution in [1.29, 1.82) is 0 Å². The number of rotatable bonds is 6. The minimum Gasteiger partial charge on any atom is -0.377 e. The first kappa shape index (κ1) is 15.3. The van der Waals surface area contributed by atoms with Gasteiger partial charge in [0.05, 0.1) is 18.0 Å². The van der Waals surface area contributed by atoms with Crippen molar-refractivity contribution in [2.75, 3.05) is 19.4 Å². The van der Waals surface area contributed by atoms with Crippen LogP contribution in [-0.4, -0.2) is 45.2 Å². The van der Waals surface area contributed by atoms with Crippen molar-refractivity contribution in [3.8, 4) is 0 Å². The minimum absolute atomic E-state index is 0.144. The summed E-state index contributed by atoms with van der Waals surface area (Å²) in [6.07, 6.45) is 10.6. The molecule has 0 amide bonds. The third-order valence-corrected chi connectivity index (χ3v) is 6.06. The van der Waals surface area contributed by atoms with Gasteiger partial charge in [-0.25, -0.2) is 8.42 Å². The first-order valence-corrected chi connectivity index (χ1v) is 9.55. The minimum atomic E-state index is -2.87. The summed E-state index contributed by atoms with van der Waals surface area (Å²) < 4.78 is 29.0. The lowest BCUT2D eigenvalue weighted by Crippen LogP contribution is -2.40. The first-order chi connectivity index (χ1) is 9.05. The number of nitrogens with one attached hydrogen (secondary N) is 1. The molecule has 0 aromatic rings. The Morgan fingerprint density at radius 2 is 1.84 bits per heavy atom. The van der Waals surface area contributed by atoms with Crippen LogP contribution in [0, 0.1) is 0 Å². The molecule has 2 rings (SSSR count). The fourth-order valence-electron chi connectivity index (χ4n) is 3.26. The fourth-order valence-corrected chi connectivity index (χ4v) is 4.44. The normalized spacial score (nSPS) is 29.7. The second kappa shape index (κ2) is 7.04. The molecule has 0 radical (unpaired) electrons. The summed E-state index contributed by atoms with van der Waals surface area (Å²) in [5.74, 6) is 0. The van der Waals surface area contributed by atoms with Gasteiger partial charge in [0, 0.05) is 18.8 Å². The Labute approximate surface area is 117 Å². The summed E-state index contributed by atoms with van der Waals surface area (Å²) in [5, 5.41) is 3.31. The molecule has 2 atom stereocenters. The van der Waals surface area contributed by atoms with Crippen molar-refractivity contribution in [2.45, 2.75) is 68.8 Å². The molecule has 0 heterocycles. The predicted molar refractivity (Wildman–Crippen MR) is 77.1 cm³/mol. The van der Waals surface area contributed by atoms with Crippen molar-refractivity contribution in [2.24, 2.45) is 0 Å². The van der Waals surface area contributed by atoms with Gasteiger partial charge in [0.15, 0.2) is 0 Å². The number of ether oxygens (including phenoxy) is 1. The topological polar surface area (TPSA) is 55.4 Å². The molecule has 19 heavy (non-hydrogen) atoms. The molecule has 2 aliphatic rings. The average molecular weight is 289 g/mol. The van der Waals surface area contributed by atoms with Gasteiger partial charge in [-0.3, -0.25) is 0 Å². The molecule has 2 unspecified atom stereocenters. The molecule has 112 valence electrons. The Balaban J connectivity index is 1.62. The van der Waals surface area contributed by atoms with Gasteiger partial charge in [0.25, 0.3) is 0 Å². The first-order valence-electron chi connectivity index (χ1n) is 7.59. The van der Waals surface area contributed by atoms with E-state index in [4.69, 9.17) is 4.74 Å². The summed E-state index contributed by atoms with van der Waals surface area (Å²) in [6.45, 7) is 1.60. The molecule has 0 bridgehead atoms. The lowest BCUT2D eigenvalue weighted by Gasteiger charge is -2.28. The van der Waals surface area contributed by atoms with Gasteiger partial charge in [-0.1, -0.05) is 19.3 Å². The molecular formula is C14H27NO3S. The Bertz CT molecular complexity index is 363. The van der Waals surface area contributed by atoms with Crippen LogP contribution in [0.3, 0.4) is 0 Å². The van der Waals surface area contributed by atoms with E-state index in [1.54, 1.807) is 0 Å². The molecular weight excluding hydrogens is 262 g/mol. The third kappa shape index (κ3) is 5.04. The van der Waals surface area contributed by atoms with Gasteiger partial charge in [-0.05, 0) is 32.1 Å². The predicted octanol–water partition coefficient (Wildman–Crippen LogP) is 1.89. The summed E-state index contributed by atoms with van der Waals surface area (Å²) in [6, 6.07) is 0.348. The third-order valence-electron chi connectivity index (χ3n) is 4.42. The largest absolute Gasteiger partial charge is 0.377 e. The van der Waals surface area contributed by atoms with Gasteiger partial charge in [0.1, 0.15) is 9.84 Å². The fraction of sp³-hybridized carbons (Fsp3) is 1.00.